The van der Waals surface area contributed by atoms with Gasteiger partial charge >= 0.3 is 39.5 Å². The largest absolute Gasteiger partial charge is 0.472 e. The molecule has 0 radical (unpaired) electrons. The first kappa shape index (κ1) is 100. The molecule has 0 saturated carbocycles. The Kier molecular flexibility index (Phi) is 73.1. The molecule has 0 spiro atoms. The molecule has 0 saturated heterocycles. The number of aliphatic hydroxyl groups is 1. The van der Waals surface area contributed by atoms with Crippen molar-refractivity contribution in [1.82, 2.24) is 0 Å². The van der Waals surface area contributed by atoms with E-state index in [1.807, 2.05) is 0 Å². The van der Waals surface area contributed by atoms with Gasteiger partial charge in [0.1, 0.15) is 19.3 Å². The molecule has 0 aromatic carbocycles. The Hall–Kier alpha value is -5.84. The van der Waals surface area contributed by atoms with Crippen LogP contribution in [-0.2, 0) is 65.4 Å². The first-order chi connectivity index (χ1) is 51.7. The number of unbranched alkanes of at least 4 members (excludes halogenated alkanes) is 17. The van der Waals surface area contributed by atoms with E-state index in [1.54, 1.807) is 0 Å². The normalized spacial score (nSPS) is 14.8. The Balaban J connectivity index is 5.48. The molecule has 17 nitrogen and oxygen atoms in total. The summed E-state index contributed by atoms with van der Waals surface area (Å²) in [6, 6.07) is 0. The molecule has 19 heteroatoms. The third-order valence-corrected chi connectivity index (χ3v) is 17.7. The van der Waals surface area contributed by atoms with Crippen LogP contribution in [0.25, 0.3) is 0 Å². The number of carbonyl (C=O) groups is 4. The quantitative estimate of drug-likeness (QED) is 0.0169. The molecule has 0 amide bonds. The number of ether oxygens (including phenoxy) is 4. The molecule has 5 unspecified atom stereocenters. The van der Waals surface area contributed by atoms with Crippen molar-refractivity contribution in [3.05, 3.63) is 182 Å². The summed E-state index contributed by atoms with van der Waals surface area (Å²) in [4.78, 5) is 73.1. The van der Waals surface area contributed by atoms with Crippen molar-refractivity contribution in [2.24, 2.45) is 0 Å². The van der Waals surface area contributed by atoms with E-state index in [2.05, 4.69) is 210 Å². The molecule has 0 aromatic heterocycles. The van der Waals surface area contributed by atoms with Crippen LogP contribution in [0.3, 0.4) is 0 Å². The lowest BCUT2D eigenvalue weighted by molar-refractivity contribution is -0.161. The summed E-state index contributed by atoms with van der Waals surface area (Å²) < 4.78 is 68.5. The van der Waals surface area contributed by atoms with Crippen molar-refractivity contribution < 1.29 is 80.2 Å². The minimum Gasteiger partial charge on any atom is -0.462 e. The zero-order valence-electron chi connectivity index (χ0n) is 65.5. The fourth-order valence-electron chi connectivity index (χ4n) is 9.85. The lowest BCUT2D eigenvalue weighted by Gasteiger charge is -2.21. The van der Waals surface area contributed by atoms with Gasteiger partial charge in [-0.3, -0.25) is 37.3 Å². The average Bonchev–Trinajstić information content (AvgIpc) is 0.909. The van der Waals surface area contributed by atoms with Crippen LogP contribution in [0.2, 0.25) is 0 Å². The average molecular weight is 1520 g/mol. The van der Waals surface area contributed by atoms with Gasteiger partial charge in [-0.05, 0) is 180 Å². The van der Waals surface area contributed by atoms with E-state index >= 15 is 0 Å². The van der Waals surface area contributed by atoms with Crippen LogP contribution >= 0.6 is 15.6 Å². The number of phosphoric ester groups is 2. The minimum atomic E-state index is -5.01. The molecule has 0 heterocycles. The SMILES string of the molecule is CC/C=C\C/C=C\C/C=C\C/C=C\C/C=C\CCCCCC(=O)OCC(COP(=O)(O)OCC(O)COP(=O)(O)OCC(COC(=O)CCCCCC/C=C\C/C=C\C/C=C\C/C=C\CC)OC(=O)CCCCCCC/C=C\C/C=C\CCCCC)OC(=O)CCCC/C=C\C/C=C\C/C=C\C/C=C\CC. The van der Waals surface area contributed by atoms with E-state index in [9.17, 15) is 43.2 Å². The second kappa shape index (κ2) is 77.3. The molecule has 0 fully saturated rings. The molecule has 0 bridgehead atoms. The summed E-state index contributed by atoms with van der Waals surface area (Å²) in [6.45, 7) is 4.35. The second-order valence-electron chi connectivity index (χ2n) is 25.9. The maximum atomic E-state index is 13.1. The smallest absolute Gasteiger partial charge is 0.462 e. The lowest BCUT2D eigenvalue weighted by atomic mass is 10.1. The Morgan fingerprint density at radius 3 is 0.783 bits per heavy atom. The Bertz CT molecular complexity index is 2730. The van der Waals surface area contributed by atoms with Crippen LogP contribution in [-0.4, -0.2) is 96.7 Å². The zero-order valence-corrected chi connectivity index (χ0v) is 67.3. The first-order valence-corrected chi connectivity index (χ1v) is 43.0. The fourth-order valence-corrected chi connectivity index (χ4v) is 11.4. The number of aliphatic hydroxyl groups excluding tert-OH is 1. The standard InChI is InChI=1S/C87H140O17P2/c1-5-9-13-17-21-25-29-33-37-39-40-42-46-48-52-56-60-64-68-72-85(90)98-78-83(104-87(92)74-70-66-62-58-54-50-44-36-32-28-24-20-16-12-8-4)80-102-106(95,96)100-76-81(88)75-99-105(93,94)101-79-82(103-86(91)73-69-65-61-57-53-49-43-35-31-27-23-19-15-11-7-3)77-97-84(89)71-67-63-59-55-51-47-45-41-38-34-30-26-22-18-14-10-6-2/h9-10,12-14,16,21-28,33-38,40,42-45,47-48,52,54,58,81-83,88H,5-8,11,15,17-20,29-32,39,41,46,49-51,53,55-57,59-80H2,1-4H3,(H,93,94)(H,95,96)/b13-9-,14-10-,16-12-,25-21-,26-22-,27-23-,28-24-,37-33-,38-34-,42-40-,43-35-,44-36-,47-45-,52-48-,58-54-. The van der Waals surface area contributed by atoms with Crippen LogP contribution in [0, 0.1) is 0 Å². The Labute approximate surface area is 641 Å². The highest BCUT2D eigenvalue weighted by atomic mass is 31.2. The van der Waals surface area contributed by atoms with Gasteiger partial charge in [0.25, 0.3) is 0 Å². The summed E-state index contributed by atoms with van der Waals surface area (Å²) >= 11 is 0. The summed E-state index contributed by atoms with van der Waals surface area (Å²) in [5, 5.41) is 10.6. The van der Waals surface area contributed by atoms with Gasteiger partial charge in [0, 0.05) is 25.7 Å². The third-order valence-electron chi connectivity index (χ3n) is 15.8. The maximum absolute atomic E-state index is 13.1. The minimum absolute atomic E-state index is 0.0271. The van der Waals surface area contributed by atoms with Gasteiger partial charge in [0.2, 0.25) is 0 Å². The van der Waals surface area contributed by atoms with Gasteiger partial charge in [-0.1, -0.05) is 261 Å². The van der Waals surface area contributed by atoms with Crippen LogP contribution in [0.4, 0.5) is 0 Å². The third kappa shape index (κ3) is 76.4. The highest BCUT2D eigenvalue weighted by molar-refractivity contribution is 7.47. The van der Waals surface area contributed by atoms with Crippen molar-refractivity contribution in [2.45, 2.75) is 303 Å². The van der Waals surface area contributed by atoms with Crippen LogP contribution < -0.4 is 0 Å². The number of esters is 4. The fraction of sp³-hybridized carbons (Fsp3) is 0.609. The molecule has 0 aliphatic carbocycles. The lowest BCUT2D eigenvalue weighted by Crippen LogP contribution is -2.30. The Morgan fingerprint density at radius 1 is 0.274 bits per heavy atom. The van der Waals surface area contributed by atoms with Crippen molar-refractivity contribution in [2.75, 3.05) is 39.6 Å². The number of hydrogen-bond acceptors (Lipinski definition) is 15. The number of allylic oxidation sites excluding steroid dienone is 30. The van der Waals surface area contributed by atoms with E-state index in [0.29, 0.717) is 32.1 Å². The van der Waals surface area contributed by atoms with Gasteiger partial charge < -0.3 is 33.8 Å². The number of carbonyl (C=O) groups excluding carboxylic acids is 4. The number of rotatable bonds is 73. The first-order valence-electron chi connectivity index (χ1n) is 40.0. The monoisotopic (exact) mass is 1520 g/mol. The molecule has 0 rings (SSSR count). The van der Waals surface area contributed by atoms with Crippen LogP contribution in [0.5, 0.6) is 0 Å². The van der Waals surface area contributed by atoms with E-state index in [4.69, 9.17) is 37.0 Å². The van der Waals surface area contributed by atoms with Gasteiger partial charge in [0.15, 0.2) is 12.2 Å². The predicted octanol–water partition coefficient (Wildman–Crippen LogP) is 23.6. The van der Waals surface area contributed by atoms with E-state index in [1.165, 1.54) is 19.3 Å². The van der Waals surface area contributed by atoms with Gasteiger partial charge in [-0.15, -0.1) is 0 Å². The maximum Gasteiger partial charge on any atom is 0.472 e. The molecule has 0 aromatic rings. The summed E-state index contributed by atoms with van der Waals surface area (Å²) in [6.07, 6.45) is 93.0. The van der Waals surface area contributed by atoms with Crippen molar-refractivity contribution in [3.63, 3.8) is 0 Å². The molecule has 5 atom stereocenters. The van der Waals surface area contributed by atoms with Crippen molar-refractivity contribution in [1.29, 1.82) is 0 Å². The molecule has 0 aliphatic rings. The molecule has 0 aliphatic heterocycles. The second-order valence-corrected chi connectivity index (χ2v) is 28.8. The summed E-state index contributed by atoms with van der Waals surface area (Å²) in [5.41, 5.74) is 0. The highest BCUT2D eigenvalue weighted by Crippen LogP contribution is 2.45. The zero-order chi connectivity index (χ0) is 77.4. The molecule has 600 valence electrons. The Morgan fingerprint density at radius 2 is 0.491 bits per heavy atom. The van der Waals surface area contributed by atoms with Gasteiger partial charge in [0.05, 0.1) is 26.4 Å². The number of phosphoric acid groups is 2. The van der Waals surface area contributed by atoms with Gasteiger partial charge in [-0.25, -0.2) is 9.13 Å². The number of hydrogen-bond donors (Lipinski definition) is 3. The van der Waals surface area contributed by atoms with Crippen LogP contribution in [0.1, 0.15) is 285 Å². The predicted molar refractivity (Wildman–Crippen MR) is 436 cm³/mol. The van der Waals surface area contributed by atoms with E-state index in [0.717, 1.165) is 180 Å². The molecular weight excluding hydrogens is 1380 g/mol. The van der Waals surface area contributed by atoms with Crippen molar-refractivity contribution in [3.8, 4) is 0 Å². The summed E-state index contributed by atoms with van der Waals surface area (Å²) in [5.74, 6) is -2.32. The van der Waals surface area contributed by atoms with E-state index in [-0.39, 0.29) is 25.7 Å². The molecular formula is C87H140O17P2. The van der Waals surface area contributed by atoms with Gasteiger partial charge in [-0.2, -0.15) is 0 Å². The van der Waals surface area contributed by atoms with Crippen molar-refractivity contribution >= 4 is 39.5 Å². The van der Waals surface area contributed by atoms with E-state index < -0.39 is 97.5 Å². The molecule has 3 N–H and O–H groups in total. The topological polar surface area (TPSA) is 237 Å². The summed E-state index contributed by atoms with van der Waals surface area (Å²) in [7, 11) is -10.0. The van der Waals surface area contributed by atoms with Crippen LogP contribution in [0.15, 0.2) is 182 Å². The molecule has 106 heavy (non-hydrogen) atoms. The highest BCUT2D eigenvalue weighted by Gasteiger charge is 2.30.